The predicted molar refractivity (Wildman–Crippen MR) is 74.4 cm³/mol. The Balaban J connectivity index is 2.41. The number of nitrogens with zero attached hydrogens (tertiary/aromatic N) is 2. The second kappa shape index (κ2) is 4.63. The summed E-state index contributed by atoms with van der Waals surface area (Å²) in [5, 5.41) is 0.655. The van der Waals surface area contributed by atoms with Crippen LogP contribution in [0.15, 0.2) is 36.7 Å². The quantitative estimate of drug-likeness (QED) is 0.662. The minimum Gasteiger partial charge on any atom is -0.241 e. The van der Waals surface area contributed by atoms with Gasteiger partial charge in [0.25, 0.3) is 0 Å². The summed E-state index contributed by atoms with van der Waals surface area (Å²) < 4.78 is 28.6. The molecule has 20 heavy (non-hydrogen) atoms. The van der Waals surface area contributed by atoms with Crippen LogP contribution in [0.1, 0.15) is 11.3 Å². The van der Waals surface area contributed by atoms with E-state index in [0.29, 0.717) is 16.6 Å². The van der Waals surface area contributed by atoms with Crippen molar-refractivity contribution in [3.8, 4) is 11.1 Å². The van der Waals surface area contributed by atoms with Crippen molar-refractivity contribution in [2.75, 3.05) is 0 Å². The molecule has 0 amide bonds. The van der Waals surface area contributed by atoms with E-state index in [2.05, 4.69) is 9.97 Å². The standard InChI is InChI=1S/C16H12F2N2/c1-9-7-12-10(2)19-8-20-16(12)15(18)14(9)11-5-3-4-6-13(11)17/h3-8H,1-2H3. The molecule has 1 heterocycles. The Morgan fingerprint density at radius 1 is 1.00 bits per heavy atom. The SMILES string of the molecule is Cc1cc2c(C)ncnc2c(F)c1-c1ccccc1F. The number of hydrogen-bond acceptors (Lipinski definition) is 2. The zero-order chi connectivity index (χ0) is 14.3. The largest absolute Gasteiger partial charge is 0.241 e. The molecule has 0 spiro atoms. The maximum absolute atomic E-state index is 14.7. The van der Waals surface area contributed by atoms with E-state index in [9.17, 15) is 8.78 Å². The highest BCUT2D eigenvalue weighted by Crippen LogP contribution is 2.33. The van der Waals surface area contributed by atoms with E-state index in [1.807, 2.05) is 0 Å². The highest BCUT2D eigenvalue weighted by molar-refractivity contribution is 5.88. The summed E-state index contributed by atoms with van der Waals surface area (Å²) in [6, 6.07) is 7.96. The van der Waals surface area contributed by atoms with Crippen LogP contribution in [0.2, 0.25) is 0 Å². The highest BCUT2D eigenvalue weighted by Gasteiger charge is 2.17. The molecule has 2 aromatic carbocycles. The molecule has 0 aliphatic rings. The summed E-state index contributed by atoms with van der Waals surface area (Å²) in [4.78, 5) is 8.05. The molecular formula is C16H12F2N2. The van der Waals surface area contributed by atoms with Gasteiger partial charge < -0.3 is 0 Å². The molecule has 0 aliphatic heterocycles. The van der Waals surface area contributed by atoms with Crippen LogP contribution < -0.4 is 0 Å². The van der Waals surface area contributed by atoms with Crippen molar-refractivity contribution in [3.05, 3.63) is 59.6 Å². The van der Waals surface area contributed by atoms with Crippen LogP contribution in [0.4, 0.5) is 8.78 Å². The Hall–Kier alpha value is -2.36. The van der Waals surface area contributed by atoms with Crippen LogP contribution in [0.25, 0.3) is 22.0 Å². The minimum absolute atomic E-state index is 0.223. The fourth-order valence-corrected chi connectivity index (χ4v) is 2.41. The Kier molecular flexibility index (Phi) is 2.93. The Bertz CT molecular complexity index is 813. The van der Waals surface area contributed by atoms with Crippen molar-refractivity contribution in [2.45, 2.75) is 13.8 Å². The predicted octanol–water partition coefficient (Wildman–Crippen LogP) is 4.19. The molecule has 0 bridgehead atoms. The van der Waals surface area contributed by atoms with Gasteiger partial charge in [-0.3, -0.25) is 0 Å². The van der Waals surface area contributed by atoms with Crippen molar-refractivity contribution in [2.24, 2.45) is 0 Å². The van der Waals surface area contributed by atoms with E-state index in [1.54, 1.807) is 38.1 Å². The number of rotatable bonds is 1. The third kappa shape index (κ3) is 1.84. The van der Waals surface area contributed by atoms with Gasteiger partial charge >= 0.3 is 0 Å². The molecule has 0 fully saturated rings. The molecular weight excluding hydrogens is 258 g/mol. The summed E-state index contributed by atoms with van der Waals surface area (Å²) in [7, 11) is 0. The Morgan fingerprint density at radius 3 is 2.50 bits per heavy atom. The maximum Gasteiger partial charge on any atom is 0.157 e. The third-order valence-corrected chi connectivity index (χ3v) is 3.41. The maximum atomic E-state index is 14.7. The molecule has 2 nitrogen and oxygen atoms in total. The number of fused-ring (bicyclic) bond motifs is 1. The van der Waals surface area contributed by atoms with Gasteiger partial charge in [0.1, 0.15) is 17.7 Å². The van der Waals surface area contributed by atoms with Crippen molar-refractivity contribution in [1.29, 1.82) is 0 Å². The summed E-state index contributed by atoms with van der Waals surface area (Å²) in [5.41, 5.74) is 2.10. The average molecular weight is 270 g/mol. The van der Waals surface area contributed by atoms with Gasteiger partial charge in [0.05, 0.1) is 0 Å². The van der Waals surface area contributed by atoms with Crippen LogP contribution in [0.3, 0.4) is 0 Å². The van der Waals surface area contributed by atoms with Crippen LogP contribution in [0.5, 0.6) is 0 Å². The zero-order valence-electron chi connectivity index (χ0n) is 11.1. The number of aromatic nitrogens is 2. The first-order valence-electron chi connectivity index (χ1n) is 6.25. The van der Waals surface area contributed by atoms with Crippen LogP contribution >= 0.6 is 0 Å². The lowest BCUT2D eigenvalue weighted by Gasteiger charge is -2.12. The van der Waals surface area contributed by atoms with E-state index in [-0.39, 0.29) is 16.6 Å². The third-order valence-electron chi connectivity index (χ3n) is 3.41. The van der Waals surface area contributed by atoms with E-state index in [4.69, 9.17) is 0 Å². The van der Waals surface area contributed by atoms with Gasteiger partial charge in [-0.1, -0.05) is 18.2 Å². The monoisotopic (exact) mass is 270 g/mol. The molecule has 0 unspecified atom stereocenters. The molecule has 0 atom stereocenters. The Labute approximate surface area is 115 Å². The van der Waals surface area contributed by atoms with Crippen molar-refractivity contribution in [3.63, 3.8) is 0 Å². The summed E-state index contributed by atoms with van der Waals surface area (Å²) >= 11 is 0. The first-order chi connectivity index (χ1) is 9.59. The van der Waals surface area contributed by atoms with E-state index >= 15 is 0 Å². The zero-order valence-corrected chi connectivity index (χ0v) is 11.1. The molecule has 0 saturated heterocycles. The van der Waals surface area contributed by atoms with Gasteiger partial charge in [0.15, 0.2) is 5.82 Å². The highest BCUT2D eigenvalue weighted by atomic mass is 19.1. The summed E-state index contributed by atoms with van der Waals surface area (Å²) in [6.45, 7) is 3.56. The molecule has 1 aromatic heterocycles. The lowest BCUT2D eigenvalue weighted by Crippen LogP contribution is -1.97. The van der Waals surface area contributed by atoms with Gasteiger partial charge in [-0.05, 0) is 31.5 Å². The molecule has 0 saturated carbocycles. The molecule has 0 aliphatic carbocycles. The normalized spacial score (nSPS) is 11.0. The first kappa shape index (κ1) is 12.7. The minimum atomic E-state index is -0.504. The molecule has 3 aromatic rings. The van der Waals surface area contributed by atoms with E-state index in [0.717, 1.165) is 0 Å². The molecule has 0 radical (unpaired) electrons. The molecule has 0 N–H and O–H groups in total. The van der Waals surface area contributed by atoms with Crippen molar-refractivity contribution >= 4 is 10.9 Å². The van der Waals surface area contributed by atoms with E-state index in [1.165, 1.54) is 12.4 Å². The van der Waals surface area contributed by atoms with Gasteiger partial charge in [-0.2, -0.15) is 0 Å². The van der Waals surface area contributed by atoms with Crippen molar-refractivity contribution in [1.82, 2.24) is 9.97 Å². The van der Waals surface area contributed by atoms with Crippen LogP contribution in [0, 0.1) is 25.5 Å². The average Bonchev–Trinajstić information content (AvgIpc) is 2.42. The van der Waals surface area contributed by atoms with Crippen LogP contribution in [-0.2, 0) is 0 Å². The second-order valence-electron chi connectivity index (χ2n) is 4.72. The lowest BCUT2D eigenvalue weighted by molar-refractivity contribution is 0.619. The number of benzene rings is 2. The molecule has 100 valence electrons. The van der Waals surface area contributed by atoms with Gasteiger partial charge in [-0.15, -0.1) is 0 Å². The molecule has 4 heteroatoms. The second-order valence-corrected chi connectivity index (χ2v) is 4.72. The number of halogens is 2. The molecule has 3 rings (SSSR count). The fraction of sp³-hybridized carbons (Fsp3) is 0.125. The Morgan fingerprint density at radius 2 is 1.75 bits per heavy atom. The topological polar surface area (TPSA) is 25.8 Å². The van der Waals surface area contributed by atoms with Gasteiger partial charge in [-0.25, -0.2) is 18.7 Å². The van der Waals surface area contributed by atoms with Gasteiger partial charge in [0, 0.05) is 22.2 Å². The summed E-state index contributed by atoms with van der Waals surface area (Å²) in [6.07, 6.45) is 1.32. The summed E-state index contributed by atoms with van der Waals surface area (Å²) in [5.74, 6) is -0.949. The number of aryl methyl sites for hydroxylation is 2. The first-order valence-corrected chi connectivity index (χ1v) is 6.25. The van der Waals surface area contributed by atoms with E-state index < -0.39 is 11.6 Å². The van der Waals surface area contributed by atoms with Crippen LogP contribution in [-0.4, -0.2) is 9.97 Å². The van der Waals surface area contributed by atoms with Crippen molar-refractivity contribution < 1.29 is 8.78 Å². The number of hydrogen-bond donors (Lipinski definition) is 0. The lowest BCUT2D eigenvalue weighted by atomic mass is 9.96. The fourth-order valence-electron chi connectivity index (χ4n) is 2.41. The smallest absolute Gasteiger partial charge is 0.157 e. The van der Waals surface area contributed by atoms with Gasteiger partial charge in [0.2, 0.25) is 0 Å².